The number of carboxylic acid groups (broad SMARTS) is 1. The molecule has 0 aromatic heterocycles. The number of para-hydroxylation sites is 1. The average Bonchev–Trinajstić information content (AvgIpc) is 2.40. The number of hydrogen-bond acceptors (Lipinski definition) is 4. The third-order valence-corrected chi connectivity index (χ3v) is 3.08. The van der Waals surface area contributed by atoms with Gasteiger partial charge in [0.1, 0.15) is 11.8 Å². The summed E-state index contributed by atoms with van der Waals surface area (Å²) in [7, 11) is 1.55. The molecule has 0 saturated carbocycles. The molecule has 1 N–H and O–H groups in total. The summed E-state index contributed by atoms with van der Waals surface area (Å²) in [6, 6.07) is 6.57. The van der Waals surface area contributed by atoms with E-state index in [0.29, 0.717) is 37.6 Å². The first kappa shape index (κ1) is 12.9. The molecule has 0 aliphatic carbocycles. The number of carboxylic acids is 1. The lowest BCUT2D eigenvalue weighted by Crippen LogP contribution is -2.42. The van der Waals surface area contributed by atoms with E-state index in [2.05, 4.69) is 0 Å². The van der Waals surface area contributed by atoms with Gasteiger partial charge >= 0.3 is 5.97 Å². The van der Waals surface area contributed by atoms with Gasteiger partial charge in [-0.1, -0.05) is 18.2 Å². The van der Waals surface area contributed by atoms with E-state index in [1.807, 2.05) is 17.0 Å². The van der Waals surface area contributed by atoms with Crippen LogP contribution in [0.5, 0.6) is 5.75 Å². The van der Waals surface area contributed by atoms with Crippen LogP contribution in [0.3, 0.4) is 0 Å². The number of hydrogen-bond donors (Lipinski definition) is 1. The van der Waals surface area contributed by atoms with Crippen LogP contribution in [0.4, 0.5) is 0 Å². The van der Waals surface area contributed by atoms with Crippen molar-refractivity contribution in [3.63, 3.8) is 0 Å². The zero-order chi connectivity index (χ0) is 13.0. The first-order chi connectivity index (χ1) is 8.74. The highest BCUT2D eigenvalue weighted by Gasteiger charge is 2.30. The van der Waals surface area contributed by atoms with Crippen molar-refractivity contribution in [3.05, 3.63) is 29.8 Å². The minimum Gasteiger partial charge on any atom is -0.496 e. The van der Waals surface area contributed by atoms with Crippen molar-refractivity contribution in [1.82, 2.24) is 4.90 Å². The average molecular weight is 251 g/mol. The summed E-state index contributed by atoms with van der Waals surface area (Å²) in [4.78, 5) is 13.4. The number of aliphatic carboxylic acids is 1. The maximum absolute atomic E-state index is 11.5. The van der Waals surface area contributed by atoms with Gasteiger partial charge in [-0.2, -0.15) is 0 Å². The Morgan fingerprint density at radius 2 is 2.06 bits per heavy atom. The minimum absolute atomic E-state index is 0.568. The molecule has 1 aliphatic heterocycles. The fourth-order valence-electron chi connectivity index (χ4n) is 2.21. The summed E-state index contributed by atoms with van der Waals surface area (Å²) in [5.41, 5.74) is 0.689. The van der Waals surface area contributed by atoms with E-state index >= 15 is 0 Å². The van der Waals surface area contributed by atoms with Crippen LogP contribution in [0.15, 0.2) is 24.3 Å². The Kier molecular flexibility index (Phi) is 4.17. The Hall–Kier alpha value is -1.59. The highest BCUT2D eigenvalue weighted by molar-refractivity contribution is 5.76. The SMILES string of the molecule is COc1ccccc1C(C(=O)O)N1CCOCC1. The second-order valence-corrected chi connectivity index (χ2v) is 4.13. The maximum atomic E-state index is 11.5. The zero-order valence-corrected chi connectivity index (χ0v) is 10.3. The second kappa shape index (κ2) is 5.84. The Balaban J connectivity index is 2.31. The highest BCUT2D eigenvalue weighted by atomic mass is 16.5. The molecule has 1 saturated heterocycles. The summed E-state index contributed by atoms with van der Waals surface area (Å²) in [6.07, 6.45) is 0. The molecule has 18 heavy (non-hydrogen) atoms. The summed E-state index contributed by atoms with van der Waals surface area (Å²) in [6.45, 7) is 2.38. The van der Waals surface area contributed by atoms with Crippen LogP contribution >= 0.6 is 0 Å². The predicted molar refractivity (Wildman–Crippen MR) is 65.8 cm³/mol. The molecule has 98 valence electrons. The molecule has 1 aliphatic rings. The third kappa shape index (κ3) is 2.63. The summed E-state index contributed by atoms with van der Waals surface area (Å²) >= 11 is 0. The maximum Gasteiger partial charge on any atom is 0.325 e. The van der Waals surface area contributed by atoms with E-state index in [1.54, 1.807) is 19.2 Å². The molecule has 5 heteroatoms. The second-order valence-electron chi connectivity index (χ2n) is 4.13. The molecule has 0 radical (unpaired) electrons. The van der Waals surface area contributed by atoms with E-state index in [-0.39, 0.29) is 0 Å². The van der Waals surface area contributed by atoms with Crippen LogP contribution in [0.25, 0.3) is 0 Å². The van der Waals surface area contributed by atoms with Crippen LogP contribution in [-0.2, 0) is 9.53 Å². The molecule has 1 atom stereocenters. The predicted octanol–water partition coefficient (Wildman–Crippen LogP) is 1.15. The topological polar surface area (TPSA) is 59.0 Å². The highest BCUT2D eigenvalue weighted by Crippen LogP contribution is 2.29. The number of nitrogens with zero attached hydrogens (tertiary/aromatic N) is 1. The molecule has 0 spiro atoms. The van der Waals surface area contributed by atoms with Gasteiger partial charge in [0, 0.05) is 18.7 Å². The molecule has 1 aromatic rings. The molecular formula is C13H17NO4. The van der Waals surface area contributed by atoms with Gasteiger partial charge < -0.3 is 14.6 Å². The quantitative estimate of drug-likeness (QED) is 0.870. The number of rotatable bonds is 4. The standard InChI is InChI=1S/C13H17NO4/c1-17-11-5-3-2-4-10(11)12(13(15)16)14-6-8-18-9-7-14/h2-5,12H,6-9H2,1H3,(H,15,16). The molecule has 5 nitrogen and oxygen atoms in total. The lowest BCUT2D eigenvalue weighted by Gasteiger charge is -2.32. The largest absolute Gasteiger partial charge is 0.496 e. The van der Waals surface area contributed by atoms with Gasteiger partial charge in [-0.15, -0.1) is 0 Å². The smallest absolute Gasteiger partial charge is 0.325 e. The fraction of sp³-hybridized carbons (Fsp3) is 0.462. The normalized spacial score (nSPS) is 18.3. The molecule has 1 fully saturated rings. The Labute approximate surface area is 106 Å². The zero-order valence-electron chi connectivity index (χ0n) is 10.3. The summed E-state index contributed by atoms with van der Waals surface area (Å²) in [5, 5.41) is 9.46. The monoisotopic (exact) mass is 251 g/mol. The Morgan fingerprint density at radius 3 is 2.67 bits per heavy atom. The van der Waals surface area contributed by atoms with Crippen molar-refractivity contribution < 1.29 is 19.4 Å². The van der Waals surface area contributed by atoms with Crippen LogP contribution < -0.4 is 4.74 Å². The molecular weight excluding hydrogens is 234 g/mol. The van der Waals surface area contributed by atoms with E-state index in [1.165, 1.54) is 0 Å². The molecule has 0 amide bonds. The number of morpholine rings is 1. The lowest BCUT2D eigenvalue weighted by molar-refractivity contribution is -0.145. The van der Waals surface area contributed by atoms with Gasteiger partial charge in [-0.3, -0.25) is 9.69 Å². The van der Waals surface area contributed by atoms with Gasteiger partial charge in [-0.25, -0.2) is 0 Å². The van der Waals surface area contributed by atoms with Crippen LogP contribution in [0.1, 0.15) is 11.6 Å². The number of carbonyl (C=O) groups is 1. The molecule has 2 rings (SSSR count). The first-order valence-corrected chi connectivity index (χ1v) is 5.91. The fourth-order valence-corrected chi connectivity index (χ4v) is 2.21. The van der Waals surface area contributed by atoms with Crippen molar-refractivity contribution in [3.8, 4) is 5.75 Å². The lowest BCUT2D eigenvalue weighted by atomic mass is 10.0. The van der Waals surface area contributed by atoms with Crippen molar-refractivity contribution in [2.24, 2.45) is 0 Å². The van der Waals surface area contributed by atoms with Gasteiger partial charge in [0.15, 0.2) is 0 Å². The first-order valence-electron chi connectivity index (χ1n) is 5.91. The Morgan fingerprint density at radius 1 is 1.39 bits per heavy atom. The van der Waals surface area contributed by atoms with Crippen LogP contribution in [-0.4, -0.2) is 49.4 Å². The van der Waals surface area contributed by atoms with E-state index in [0.717, 1.165) is 0 Å². The van der Waals surface area contributed by atoms with E-state index in [9.17, 15) is 9.90 Å². The third-order valence-electron chi connectivity index (χ3n) is 3.08. The van der Waals surface area contributed by atoms with Crippen molar-refractivity contribution >= 4 is 5.97 Å². The van der Waals surface area contributed by atoms with Crippen molar-refractivity contribution in [1.29, 1.82) is 0 Å². The number of ether oxygens (including phenoxy) is 2. The minimum atomic E-state index is -0.860. The van der Waals surface area contributed by atoms with Gasteiger partial charge in [0.05, 0.1) is 20.3 Å². The Bertz CT molecular complexity index is 415. The van der Waals surface area contributed by atoms with E-state index < -0.39 is 12.0 Å². The van der Waals surface area contributed by atoms with Gasteiger partial charge in [-0.05, 0) is 6.07 Å². The van der Waals surface area contributed by atoms with Crippen LogP contribution in [0, 0.1) is 0 Å². The summed E-state index contributed by atoms with van der Waals surface area (Å²) in [5.74, 6) is -0.252. The van der Waals surface area contributed by atoms with Gasteiger partial charge in [0.2, 0.25) is 0 Å². The molecule has 1 heterocycles. The molecule has 1 aromatic carbocycles. The van der Waals surface area contributed by atoms with Crippen molar-refractivity contribution in [2.75, 3.05) is 33.4 Å². The van der Waals surface area contributed by atoms with E-state index in [4.69, 9.17) is 9.47 Å². The van der Waals surface area contributed by atoms with Crippen molar-refractivity contribution in [2.45, 2.75) is 6.04 Å². The van der Waals surface area contributed by atoms with Gasteiger partial charge in [0.25, 0.3) is 0 Å². The number of benzene rings is 1. The molecule has 1 unspecified atom stereocenters. The summed E-state index contributed by atoms with van der Waals surface area (Å²) < 4.78 is 10.5. The molecule has 0 bridgehead atoms. The number of methoxy groups -OCH3 is 1. The van der Waals surface area contributed by atoms with Crippen LogP contribution in [0.2, 0.25) is 0 Å².